The Bertz CT molecular complexity index is 703. The summed E-state index contributed by atoms with van der Waals surface area (Å²) in [5.74, 6) is -0.778. The highest BCUT2D eigenvalue weighted by Gasteiger charge is 2.25. The molecule has 0 spiro atoms. The number of halogens is 2. The van der Waals surface area contributed by atoms with E-state index in [-0.39, 0.29) is 0 Å². The van der Waals surface area contributed by atoms with Gasteiger partial charge >= 0.3 is 0 Å². The van der Waals surface area contributed by atoms with Gasteiger partial charge in [0.15, 0.2) is 0 Å². The lowest BCUT2D eigenvalue weighted by atomic mass is 10.0. The zero-order chi connectivity index (χ0) is 14.1. The Morgan fingerprint density at radius 2 is 2.10 bits per heavy atom. The smallest absolute Gasteiger partial charge is 0.281 e. The maximum Gasteiger partial charge on any atom is 0.281 e. The molecule has 0 saturated heterocycles. The molecule has 0 fully saturated rings. The number of pyridine rings is 1. The van der Waals surface area contributed by atoms with Crippen molar-refractivity contribution in [2.75, 3.05) is 5.32 Å². The Morgan fingerprint density at radius 3 is 2.85 bits per heavy atom. The number of aliphatic imine (C=N–C) groups is 1. The number of nitrogens with one attached hydrogen (secondary N) is 1. The van der Waals surface area contributed by atoms with Crippen LogP contribution in [0.4, 0.5) is 10.1 Å². The van der Waals surface area contributed by atoms with E-state index >= 15 is 0 Å². The largest absolute Gasteiger partial charge is 0.321 e. The first-order valence-corrected chi connectivity index (χ1v) is 6.68. The molecule has 0 saturated carbocycles. The number of amides is 1. The summed E-state index contributed by atoms with van der Waals surface area (Å²) >= 11 is 3.36. The molecule has 1 aliphatic rings. The zero-order valence-corrected chi connectivity index (χ0v) is 11.8. The van der Waals surface area contributed by atoms with Crippen LogP contribution in [0.3, 0.4) is 0 Å². The molecular weight excluding hydrogens is 325 g/mol. The minimum Gasteiger partial charge on any atom is -0.321 e. The summed E-state index contributed by atoms with van der Waals surface area (Å²) in [4.78, 5) is 19.7. The van der Waals surface area contributed by atoms with Crippen LogP contribution in [0.5, 0.6) is 0 Å². The molecule has 0 radical (unpaired) electrons. The number of benzene rings is 1. The van der Waals surface area contributed by atoms with Gasteiger partial charge in [-0.1, -0.05) is 22.0 Å². The molecule has 1 unspecified atom stereocenters. The van der Waals surface area contributed by atoms with E-state index in [0.29, 0.717) is 22.7 Å². The van der Waals surface area contributed by atoms with Gasteiger partial charge in [-0.05, 0) is 30.3 Å². The number of hydrogen-bond acceptors (Lipinski definition) is 3. The summed E-state index contributed by atoms with van der Waals surface area (Å²) in [6.45, 7) is 0. The minimum atomic E-state index is -1.95. The lowest BCUT2D eigenvalue weighted by Gasteiger charge is -2.09. The van der Waals surface area contributed by atoms with E-state index in [1.165, 1.54) is 0 Å². The van der Waals surface area contributed by atoms with Crippen LogP contribution in [-0.2, 0) is 4.79 Å². The van der Waals surface area contributed by atoms with Crippen LogP contribution in [0.1, 0.15) is 11.3 Å². The van der Waals surface area contributed by atoms with E-state index in [0.717, 1.165) is 4.47 Å². The Morgan fingerprint density at radius 1 is 1.25 bits per heavy atom. The Hall–Kier alpha value is -2.08. The van der Waals surface area contributed by atoms with Gasteiger partial charge in [0, 0.05) is 16.2 Å². The van der Waals surface area contributed by atoms with Crippen molar-refractivity contribution in [2.45, 2.75) is 6.30 Å². The number of rotatable bonds is 1. The third-order valence-corrected chi connectivity index (χ3v) is 3.35. The molecule has 1 amide bonds. The fraction of sp³-hybridized carbons (Fsp3) is 0.0714. The topological polar surface area (TPSA) is 54.4 Å². The monoisotopic (exact) mass is 333 g/mol. The van der Waals surface area contributed by atoms with E-state index in [1.54, 1.807) is 42.6 Å². The van der Waals surface area contributed by atoms with E-state index < -0.39 is 12.2 Å². The lowest BCUT2D eigenvalue weighted by molar-refractivity contribution is -0.120. The molecule has 0 aliphatic carbocycles. The van der Waals surface area contributed by atoms with Gasteiger partial charge in [0.1, 0.15) is 0 Å². The highest BCUT2D eigenvalue weighted by atomic mass is 79.9. The Labute approximate surface area is 122 Å². The van der Waals surface area contributed by atoms with Crippen LogP contribution in [0.25, 0.3) is 0 Å². The lowest BCUT2D eigenvalue weighted by Crippen LogP contribution is -2.21. The average molecular weight is 334 g/mol. The molecule has 2 aromatic rings. The van der Waals surface area contributed by atoms with Gasteiger partial charge < -0.3 is 5.32 Å². The summed E-state index contributed by atoms with van der Waals surface area (Å²) in [7, 11) is 0. The van der Waals surface area contributed by atoms with Crippen molar-refractivity contribution in [1.29, 1.82) is 0 Å². The average Bonchev–Trinajstić information content (AvgIpc) is 2.58. The second kappa shape index (κ2) is 5.13. The molecule has 20 heavy (non-hydrogen) atoms. The first-order valence-electron chi connectivity index (χ1n) is 5.89. The fourth-order valence-electron chi connectivity index (χ4n) is 1.96. The third kappa shape index (κ3) is 2.34. The minimum absolute atomic E-state index is 0.354. The predicted molar refractivity (Wildman–Crippen MR) is 77.5 cm³/mol. The van der Waals surface area contributed by atoms with Gasteiger partial charge in [0.05, 0.1) is 17.1 Å². The highest BCUT2D eigenvalue weighted by molar-refractivity contribution is 9.10. The number of anilines is 1. The van der Waals surface area contributed by atoms with Crippen molar-refractivity contribution in [1.82, 2.24) is 4.98 Å². The second-order valence-electron chi connectivity index (χ2n) is 4.21. The van der Waals surface area contributed by atoms with Crippen molar-refractivity contribution in [3.63, 3.8) is 0 Å². The number of carbonyl (C=O) groups excluding carboxylic acids is 1. The van der Waals surface area contributed by atoms with Crippen molar-refractivity contribution >= 4 is 33.2 Å². The number of carbonyl (C=O) groups is 1. The number of fused-ring (bicyclic) bond motifs is 1. The molecule has 100 valence electrons. The van der Waals surface area contributed by atoms with Gasteiger partial charge in [-0.25, -0.2) is 9.38 Å². The molecule has 3 rings (SSSR count). The molecule has 1 aromatic heterocycles. The number of hydrogen-bond donors (Lipinski definition) is 1. The summed E-state index contributed by atoms with van der Waals surface area (Å²) in [6, 6.07) is 10.5. The van der Waals surface area contributed by atoms with Crippen LogP contribution in [0.15, 0.2) is 52.1 Å². The first kappa shape index (κ1) is 12.9. The van der Waals surface area contributed by atoms with E-state index in [9.17, 15) is 9.18 Å². The Balaban J connectivity index is 2.23. The SMILES string of the molecule is O=C1Nc2ccc(Br)cc2C(c2ccccn2)=NC1F. The first-order chi connectivity index (χ1) is 9.65. The van der Waals surface area contributed by atoms with E-state index in [2.05, 4.69) is 31.2 Å². The maximum absolute atomic E-state index is 13.8. The van der Waals surface area contributed by atoms with Crippen LogP contribution in [-0.4, -0.2) is 22.9 Å². The summed E-state index contributed by atoms with van der Waals surface area (Å²) < 4.78 is 14.6. The quantitative estimate of drug-likeness (QED) is 0.816. The Kier molecular flexibility index (Phi) is 3.31. The van der Waals surface area contributed by atoms with Gasteiger partial charge in [-0.2, -0.15) is 0 Å². The van der Waals surface area contributed by atoms with Gasteiger partial charge in [0.25, 0.3) is 12.2 Å². The van der Waals surface area contributed by atoms with Gasteiger partial charge in [0.2, 0.25) is 0 Å². The number of alkyl halides is 1. The predicted octanol–water partition coefficient (Wildman–Crippen LogP) is 2.93. The molecule has 1 atom stereocenters. The molecule has 1 aliphatic heterocycles. The molecule has 2 heterocycles. The standard InChI is InChI=1S/C14H9BrFN3O/c15-8-4-5-10-9(7-8)12(11-3-1-2-6-17-11)19-13(16)14(20)18-10/h1-7,13H,(H,18,20). The molecule has 0 bridgehead atoms. The number of benzodiazepines with no additional fused rings is 1. The molecule has 4 nitrogen and oxygen atoms in total. The van der Waals surface area contributed by atoms with Crippen molar-refractivity contribution in [3.05, 3.63) is 58.3 Å². The zero-order valence-electron chi connectivity index (χ0n) is 10.2. The van der Waals surface area contributed by atoms with Crippen molar-refractivity contribution < 1.29 is 9.18 Å². The van der Waals surface area contributed by atoms with Crippen molar-refractivity contribution in [3.8, 4) is 0 Å². The normalized spacial score (nSPS) is 17.8. The van der Waals surface area contributed by atoms with Crippen LogP contribution < -0.4 is 5.32 Å². The molecular formula is C14H9BrFN3O. The summed E-state index contributed by atoms with van der Waals surface area (Å²) in [5, 5.41) is 2.52. The summed E-state index contributed by atoms with van der Waals surface area (Å²) in [6.07, 6.45) is -0.346. The third-order valence-electron chi connectivity index (χ3n) is 2.86. The maximum atomic E-state index is 13.8. The number of nitrogens with zero attached hydrogens (tertiary/aromatic N) is 2. The number of aromatic nitrogens is 1. The van der Waals surface area contributed by atoms with E-state index in [1.807, 2.05) is 0 Å². The fourth-order valence-corrected chi connectivity index (χ4v) is 2.32. The van der Waals surface area contributed by atoms with Crippen LogP contribution >= 0.6 is 15.9 Å². The van der Waals surface area contributed by atoms with Gasteiger partial charge in [-0.15, -0.1) is 0 Å². The van der Waals surface area contributed by atoms with Gasteiger partial charge in [-0.3, -0.25) is 9.78 Å². The molecule has 6 heteroatoms. The van der Waals surface area contributed by atoms with Crippen molar-refractivity contribution in [2.24, 2.45) is 4.99 Å². The molecule has 1 aromatic carbocycles. The molecule has 1 N–H and O–H groups in total. The second-order valence-corrected chi connectivity index (χ2v) is 5.12. The highest BCUT2D eigenvalue weighted by Crippen LogP contribution is 2.27. The summed E-state index contributed by atoms with van der Waals surface area (Å²) in [5.41, 5.74) is 2.02. The van der Waals surface area contributed by atoms with Crippen LogP contribution in [0.2, 0.25) is 0 Å². The van der Waals surface area contributed by atoms with Crippen LogP contribution in [0, 0.1) is 0 Å². The van der Waals surface area contributed by atoms with E-state index in [4.69, 9.17) is 0 Å².